The van der Waals surface area contributed by atoms with Crippen LogP contribution >= 0.6 is 10.0 Å². The number of rotatable bonds is 14. The van der Waals surface area contributed by atoms with E-state index in [1.807, 2.05) is 20.8 Å². The van der Waals surface area contributed by atoms with E-state index in [0.717, 1.165) is 43.6 Å². The lowest BCUT2D eigenvalue weighted by atomic mass is 9.79. The van der Waals surface area contributed by atoms with Crippen molar-refractivity contribution in [1.29, 1.82) is 0 Å². The number of amides is 2. The second-order valence-electron chi connectivity index (χ2n) is 13.0. The summed E-state index contributed by atoms with van der Waals surface area (Å²) in [5.41, 5.74) is 2.98. The number of pyridine rings is 1. The van der Waals surface area contributed by atoms with Gasteiger partial charge < -0.3 is 15.4 Å². The summed E-state index contributed by atoms with van der Waals surface area (Å²) >= 11 is 0. The zero-order valence-electron chi connectivity index (χ0n) is 27.9. The maximum absolute atomic E-state index is 15.6. The van der Waals surface area contributed by atoms with E-state index in [1.165, 1.54) is 0 Å². The van der Waals surface area contributed by atoms with Gasteiger partial charge in [0.2, 0.25) is 11.9 Å². The van der Waals surface area contributed by atoms with Crippen molar-refractivity contribution < 1.29 is 18.7 Å². The molecule has 1 aliphatic carbocycles. The summed E-state index contributed by atoms with van der Waals surface area (Å²) in [4.78, 5) is 31.1. The van der Waals surface area contributed by atoms with Crippen molar-refractivity contribution in [2.24, 2.45) is 11.8 Å². The lowest BCUT2D eigenvalue weighted by molar-refractivity contribution is -0.119. The number of halogens is 1. The van der Waals surface area contributed by atoms with Crippen molar-refractivity contribution in [2.45, 2.75) is 85.5 Å². The Labute approximate surface area is 268 Å². The molecule has 0 aromatic carbocycles. The number of carbonyl (C=O) groups is 2. The highest BCUT2D eigenvalue weighted by Crippen LogP contribution is 2.34. The van der Waals surface area contributed by atoms with Crippen molar-refractivity contribution >= 4 is 27.7 Å². The maximum Gasteiger partial charge on any atom is 0.270 e. The molecule has 0 bridgehead atoms. The molecule has 1 atom stereocenters. The summed E-state index contributed by atoms with van der Waals surface area (Å²) in [5.74, 6) is 0.182. The van der Waals surface area contributed by atoms with E-state index in [-0.39, 0.29) is 17.6 Å². The Bertz CT molecular complexity index is 1460. The van der Waals surface area contributed by atoms with Crippen molar-refractivity contribution in [2.75, 3.05) is 36.4 Å². The molecule has 1 fully saturated rings. The van der Waals surface area contributed by atoms with Gasteiger partial charge in [0.05, 0.1) is 12.3 Å². The van der Waals surface area contributed by atoms with Gasteiger partial charge in [-0.25, -0.2) is 19.7 Å². The van der Waals surface area contributed by atoms with E-state index in [4.69, 9.17) is 4.74 Å². The minimum atomic E-state index is -0.786. The molecule has 3 aromatic rings. The number of carbonyl (C=O) groups excluding carboxylic acids is 2. The van der Waals surface area contributed by atoms with E-state index < -0.39 is 27.9 Å². The molecular formula is C33H50FN7O3S. The van der Waals surface area contributed by atoms with Gasteiger partial charge in [-0.15, -0.1) is 0 Å². The lowest BCUT2D eigenvalue weighted by Gasteiger charge is -2.32. The average molecular weight is 644 g/mol. The van der Waals surface area contributed by atoms with Crippen LogP contribution < -0.4 is 10.6 Å². The van der Waals surface area contributed by atoms with Crippen molar-refractivity contribution in [1.82, 2.24) is 29.9 Å². The first-order chi connectivity index (χ1) is 21.4. The number of hydrogen-bond donors (Lipinski definition) is 2. The molecule has 0 radical (unpaired) electrons. The third kappa shape index (κ3) is 8.94. The normalized spacial score (nSPS) is 18.0. The van der Waals surface area contributed by atoms with Gasteiger partial charge in [-0.2, -0.15) is 14.6 Å². The van der Waals surface area contributed by atoms with Gasteiger partial charge in [-0.3, -0.25) is 14.3 Å². The molecule has 3 heterocycles. The van der Waals surface area contributed by atoms with Crippen molar-refractivity contribution in [3.8, 4) is 11.1 Å². The molecule has 0 saturated heterocycles. The summed E-state index contributed by atoms with van der Waals surface area (Å²) in [5, 5.41) is 14.7. The number of nitrogens with one attached hydrogen (secondary N) is 2. The molecule has 45 heavy (non-hydrogen) atoms. The minimum Gasteiger partial charge on any atom is -0.358 e. The van der Waals surface area contributed by atoms with Crippen LogP contribution in [-0.2, 0) is 29.2 Å². The van der Waals surface area contributed by atoms with Crippen LogP contribution in [0.4, 0.5) is 10.2 Å². The first-order valence-electron chi connectivity index (χ1n) is 16.0. The number of nitrogens with zero attached hydrogens (tertiary/aromatic N) is 5. The van der Waals surface area contributed by atoms with Crippen LogP contribution in [-0.4, -0.2) is 73.5 Å². The SMILES string of the molecule is CCCn1nccc1C(=O)N[C@H](C(=O)Nc1ccc(-c2c(C)nn(COCCS(C)(C)C)c2CC)c(F)n1)[C@H]1CC[C@H](C)CC1. The standard InChI is InChI=1S/C33H50FN7O3S/c1-8-18-40-27(16-17-35-40)32(42)38-30(24-12-10-22(3)11-13-24)33(43)37-28-15-14-25(31(34)36-28)29-23(4)39-41(26(29)9-2)21-44-19-20-45(5,6)7/h14-17,22,24,30H,8-13,18-21H2,1-7H3,(H,38,42)(H,36,37,43)/t22-,24-,30-/m0/s1. The van der Waals surface area contributed by atoms with Crippen LogP contribution in [0.25, 0.3) is 11.1 Å². The van der Waals surface area contributed by atoms with E-state index in [9.17, 15) is 9.59 Å². The molecule has 3 aromatic heterocycles. The van der Waals surface area contributed by atoms with Gasteiger partial charge >= 0.3 is 0 Å². The average Bonchev–Trinajstić information content (AvgIpc) is 3.58. The zero-order chi connectivity index (χ0) is 32.7. The molecule has 1 saturated carbocycles. The third-order valence-electron chi connectivity index (χ3n) is 8.48. The molecule has 0 aliphatic heterocycles. The molecule has 0 unspecified atom stereocenters. The predicted molar refractivity (Wildman–Crippen MR) is 179 cm³/mol. The summed E-state index contributed by atoms with van der Waals surface area (Å²) in [6.45, 7) is 9.62. The summed E-state index contributed by atoms with van der Waals surface area (Å²) < 4.78 is 25.0. The van der Waals surface area contributed by atoms with Crippen molar-refractivity contribution in [3.05, 3.63) is 47.4 Å². The minimum absolute atomic E-state index is 0.0376. The van der Waals surface area contributed by atoms with Gasteiger partial charge in [0.15, 0.2) is 0 Å². The van der Waals surface area contributed by atoms with Crippen LogP contribution in [0.2, 0.25) is 0 Å². The fourth-order valence-corrected chi connectivity index (χ4v) is 6.57. The number of aryl methyl sites for hydroxylation is 2. The van der Waals surface area contributed by atoms with Gasteiger partial charge in [0.25, 0.3) is 5.91 Å². The van der Waals surface area contributed by atoms with E-state index >= 15 is 4.39 Å². The molecule has 2 amide bonds. The van der Waals surface area contributed by atoms with Gasteiger partial charge in [0.1, 0.15) is 24.3 Å². The fourth-order valence-electron chi connectivity index (χ4n) is 5.95. The highest BCUT2D eigenvalue weighted by atomic mass is 32.3. The molecule has 248 valence electrons. The van der Waals surface area contributed by atoms with Crippen LogP contribution in [0.15, 0.2) is 24.4 Å². The molecule has 2 N–H and O–H groups in total. The molecule has 4 rings (SSSR count). The van der Waals surface area contributed by atoms with Crippen LogP contribution in [0.5, 0.6) is 0 Å². The Morgan fingerprint density at radius 1 is 1.11 bits per heavy atom. The van der Waals surface area contributed by atoms with Crippen LogP contribution in [0.3, 0.4) is 0 Å². The molecule has 0 spiro atoms. The summed E-state index contributed by atoms with van der Waals surface area (Å²) in [6.07, 6.45) is 13.4. The molecule has 1 aliphatic rings. The Hall–Kier alpha value is -3.25. The Morgan fingerprint density at radius 3 is 2.49 bits per heavy atom. The largest absolute Gasteiger partial charge is 0.358 e. The second kappa shape index (κ2) is 15.4. The van der Waals surface area contributed by atoms with Crippen LogP contribution in [0, 0.1) is 24.7 Å². The number of aromatic nitrogens is 5. The summed E-state index contributed by atoms with van der Waals surface area (Å²) in [7, 11) is -0.660. The third-order valence-corrected chi connectivity index (χ3v) is 9.87. The van der Waals surface area contributed by atoms with Gasteiger partial charge in [-0.05, 0) is 81.4 Å². The Morgan fingerprint density at radius 2 is 1.84 bits per heavy atom. The first kappa shape index (κ1) is 34.6. The number of anilines is 1. The highest BCUT2D eigenvalue weighted by molar-refractivity contribution is 8.32. The summed E-state index contributed by atoms with van der Waals surface area (Å²) in [6, 6.07) is 4.11. The van der Waals surface area contributed by atoms with Gasteiger partial charge in [0, 0.05) is 35.3 Å². The number of hydrogen-bond acceptors (Lipinski definition) is 6. The van der Waals surface area contributed by atoms with E-state index in [2.05, 4.69) is 51.5 Å². The Kier molecular flexibility index (Phi) is 11.8. The molecular weight excluding hydrogens is 593 g/mol. The predicted octanol–water partition coefficient (Wildman–Crippen LogP) is 5.79. The number of ether oxygens (including phenoxy) is 1. The maximum atomic E-state index is 15.6. The second-order valence-corrected chi connectivity index (χ2v) is 17.6. The zero-order valence-corrected chi connectivity index (χ0v) is 28.7. The first-order valence-corrected chi connectivity index (χ1v) is 19.0. The smallest absolute Gasteiger partial charge is 0.270 e. The van der Waals surface area contributed by atoms with Crippen LogP contribution in [0.1, 0.15) is 74.8 Å². The lowest BCUT2D eigenvalue weighted by Crippen LogP contribution is -2.49. The molecule has 10 nitrogen and oxygen atoms in total. The topological polar surface area (TPSA) is 116 Å². The van der Waals surface area contributed by atoms with E-state index in [1.54, 1.807) is 33.8 Å². The molecule has 12 heteroatoms. The monoisotopic (exact) mass is 643 g/mol. The Balaban J connectivity index is 1.52. The highest BCUT2D eigenvalue weighted by Gasteiger charge is 2.33. The van der Waals surface area contributed by atoms with Crippen molar-refractivity contribution in [3.63, 3.8) is 0 Å². The van der Waals surface area contributed by atoms with Gasteiger partial charge in [-0.1, -0.05) is 33.6 Å². The fraction of sp³-hybridized carbons (Fsp3) is 0.606. The van der Waals surface area contributed by atoms with E-state index in [0.29, 0.717) is 54.7 Å². The quantitative estimate of drug-likeness (QED) is 0.170.